The summed E-state index contributed by atoms with van der Waals surface area (Å²) in [7, 11) is 0. The molecule has 0 fully saturated rings. The van der Waals surface area contributed by atoms with Gasteiger partial charge in [0.25, 0.3) is 6.04 Å². The summed E-state index contributed by atoms with van der Waals surface area (Å²) in [5.74, 6) is 0. The van der Waals surface area contributed by atoms with Crippen LogP contribution in [-0.4, -0.2) is 6.04 Å². The molecule has 1 aromatic carbocycles. The highest BCUT2D eigenvalue weighted by Gasteiger charge is 1.69. The topological polar surface area (TPSA) is 17.1 Å². The number of rotatable bonds is 0. The zero-order valence-electron chi connectivity index (χ0n) is 5.75. The van der Waals surface area contributed by atoms with E-state index in [4.69, 9.17) is 4.79 Å². The smallest absolute Gasteiger partial charge is 0.262 e. The van der Waals surface area contributed by atoms with Gasteiger partial charge in [0.05, 0.1) is 0 Å². The first-order valence-corrected chi connectivity index (χ1v) is 2.89. The maximum absolute atomic E-state index is 10.4. The number of halogens is 1. The van der Waals surface area contributed by atoms with E-state index >= 15 is 0 Å². The first kappa shape index (κ1) is 8.82. The minimum Gasteiger partial charge on any atom is -0.262 e. The third-order valence-corrected chi connectivity index (χ3v) is 0.667. The van der Waals surface area contributed by atoms with Crippen molar-refractivity contribution in [1.82, 2.24) is 0 Å². The summed E-state index contributed by atoms with van der Waals surface area (Å²) in [5, 5.41) is 0. The van der Waals surface area contributed by atoms with Gasteiger partial charge in [-0.3, -0.25) is 4.79 Å². The van der Waals surface area contributed by atoms with Crippen LogP contribution in [0.15, 0.2) is 36.4 Å². The van der Waals surface area contributed by atoms with Crippen LogP contribution >= 0.6 is 0 Å². The van der Waals surface area contributed by atoms with Crippen LogP contribution in [0.5, 0.6) is 0 Å². The summed E-state index contributed by atoms with van der Waals surface area (Å²) in [5.41, 5.74) is 0. The molecule has 0 atom stereocenters. The summed E-state index contributed by atoms with van der Waals surface area (Å²) in [6.45, 7) is 0.861. The lowest BCUT2D eigenvalue weighted by molar-refractivity contribution is -0.126. The first-order valence-electron chi connectivity index (χ1n) is 2.89. The normalized spacial score (nSPS) is 7.40. The van der Waals surface area contributed by atoms with Crippen LogP contribution in [0.4, 0.5) is 4.39 Å². The molecule has 0 aromatic heterocycles. The Morgan fingerprint density at radius 1 is 1.00 bits per heavy atom. The molecule has 0 spiro atoms. The molecule has 0 amide bonds. The summed E-state index contributed by atoms with van der Waals surface area (Å²) >= 11 is 0. The van der Waals surface area contributed by atoms with Gasteiger partial charge in [0.15, 0.2) is 0 Å². The summed E-state index contributed by atoms with van der Waals surface area (Å²) in [6.07, 6.45) is 0. The van der Waals surface area contributed by atoms with Crippen molar-refractivity contribution in [3.8, 4) is 0 Å². The fourth-order valence-corrected chi connectivity index (χ4v) is 0.385. The van der Waals surface area contributed by atoms with Crippen molar-refractivity contribution in [1.29, 1.82) is 0 Å². The van der Waals surface area contributed by atoms with Crippen molar-refractivity contribution in [3.63, 3.8) is 0 Å². The molecule has 1 aromatic rings. The minimum absolute atomic E-state index is 0.861. The Morgan fingerprint density at radius 2 is 1.10 bits per heavy atom. The van der Waals surface area contributed by atoms with Crippen LogP contribution in [-0.2, 0) is 4.79 Å². The molecule has 10 heavy (non-hydrogen) atoms. The van der Waals surface area contributed by atoms with Crippen molar-refractivity contribution >= 4 is 6.04 Å². The predicted molar refractivity (Wildman–Crippen MR) is 38.2 cm³/mol. The van der Waals surface area contributed by atoms with E-state index in [0.29, 0.717) is 0 Å². The number of benzene rings is 1. The number of carbonyl (C=O) groups is 1. The molecule has 0 radical (unpaired) electrons. The molecule has 0 bridgehead atoms. The van der Waals surface area contributed by atoms with E-state index in [-0.39, 0.29) is 0 Å². The lowest BCUT2D eigenvalue weighted by atomic mass is 10.4. The molecule has 0 aliphatic carbocycles. The second kappa shape index (κ2) is 5.95. The van der Waals surface area contributed by atoms with E-state index in [0.717, 1.165) is 6.92 Å². The largest absolute Gasteiger partial charge is 0.298 e. The molecule has 0 aliphatic heterocycles. The lowest BCUT2D eigenvalue weighted by Crippen LogP contribution is -1.65. The lowest BCUT2D eigenvalue weighted by Gasteiger charge is -1.69. The zero-order valence-corrected chi connectivity index (χ0v) is 5.75. The predicted octanol–water partition coefficient (Wildman–Crippen LogP) is 2.19. The van der Waals surface area contributed by atoms with Gasteiger partial charge < -0.3 is 0 Å². The molecule has 1 rings (SSSR count). The van der Waals surface area contributed by atoms with E-state index in [2.05, 4.69) is 0 Å². The average molecular weight is 140 g/mol. The summed E-state index contributed by atoms with van der Waals surface area (Å²) in [4.78, 5) is 8.78. The van der Waals surface area contributed by atoms with Crippen molar-refractivity contribution in [2.24, 2.45) is 0 Å². The zero-order chi connectivity index (χ0) is 7.82. The second-order valence-corrected chi connectivity index (χ2v) is 1.62. The monoisotopic (exact) mass is 140 g/mol. The second-order valence-electron chi connectivity index (χ2n) is 1.62. The van der Waals surface area contributed by atoms with Crippen LogP contribution in [0.2, 0.25) is 0 Å². The van der Waals surface area contributed by atoms with E-state index in [1.807, 2.05) is 36.4 Å². The Hall–Kier alpha value is -1.18. The van der Waals surface area contributed by atoms with E-state index in [1.165, 1.54) is 0 Å². The molecule has 1 nitrogen and oxygen atoms in total. The quantitative estimate of drug-likeness (QED) is 0.505. The van der Waals surface area contributed by atoms with Gasteiger partial charge in [-0.05, 0) is 0 Å². The van der Waals surface area contributed by atoms with E-state index in [1.54, 1.807) is 0 Å². The maximum atomic E-state index is 10.4. The molecule has 54 valence electrons. The van der Waals surface area contributed by atoms with Gasteiger partial charge >= 0.3 is 0 Å². The Labute approximate surface area is 59.5 Å². The van der Waals surface area contributed by atoms with Crippen LogP contribution < -0.4 is 0 Å². The highest BCUT2D eigenvalue weighted by Crippen LogP contribution is 1.79. The highest BCUT2D eigenvalue weighted by atomic mass is 19.1. The van der Waals surface area contributed by atoms with Crippen LogP contribution in [0.1, 0.15) is 6.92 Å². The molecular weight excluding hydrogens is 131 g/mol. The fraction of sp³-hybridized carbons (Fsp3) is 0.125. The number of hydrogen-bond donors (Lipinski definition) is 0. The fourth-order valence-electron chi connectivity index (χ4n) is 0.385. The molecule has 0 heterocycles. The Kier molecular flexibility index (Phi) is 5.25. The van der Waals surface area contributed by atoms with Crippen LogP contribution in [0.25, 0.3) is 0 Å². The molecule has 2 heteroatoms. The molecule has 0 unspecified atom stereocenters. The van der Waals surface area contributed by atoms with Crippen molar-refractivity contribution < 1.29 is 9.18 Å². The molecular formula is C8H9FO. The molecule has 0 aliphatic rings. The van der Waals surface area contributed by atoms with Gasteiger partial charge in [-0.2, -0.15) is 4.39 Å². The van der Waals surface area contributed by atoms with E-state index < -0.39 is 6.04 Å². The number of carbonyl (C=O) groups excluding carboxylic acids is 1. The summed E-state index contributed by atoms with van der Waals surface area (Å²) in [6, 6.07) is 10.7. The standard InChI is InChI=1S/C6H6.C2H3FO/c1-2-4-6-5-3-1;1-2(3)4/h1-6H;1H3. The molecule has 0 saturated carbocycles. The summed E-state index contributed by atoms with van der Waals surface area (Å²) < 4.78 is 10.4. The van der Waals surface area contributed by atoms with Crippen molar-refractivity contribution in [2.75, 3.05) is 0 Å². The molecule has 0 saturated heterocycles. The van der Waals surface area contributed by atoms with Crippen LogP contribution in [0, 0.1) is 0 Å². The van der Waals surface area contributed by atoms with E-state index in [9.17, 15) is 4.39 Å². The van der Waals surface area contributed by atoms with Gasteiger partial charge in [-0.15, -0.1) is 0 Å². The van der Waals surface area contributed by atoms with Crippen LogP contribution in [0.3, 0.4) is 0 Å². The Bertz CT molecular complexity index is 141. The number of hydrogen-bond acceptors (Lipinski definition) is 1. The minimum atomic E-state index is -1.33. The highest BCUT2D eigenvalue weighted by molar-refractivity contribution is 5.64. The Balaban J connectivity index is 0.000000180. The third kappa shape index (κ3) is 9.94. The van der Waals surface area contributed by atoms with Gasteiger partial charge in [0.2, 0.25) is 0 Å². The Morgan fingerprint density at radius 3 is 1.20 bits per heavy atom. The van der Waals surface area contributed by atoms with Gasteiger partial charge in [-0.25, -0.2) is 0 Å². The third-order valence-electron chi connectivity index (χ3n) is 0.667. The van der Waals surface area contributed by atoms with Gasteiger partial charge in [-0.1, -0.05) is 36.4 Å². The van der Waals surface area contributed by atoms with Gasteiger partial charge in [0, 0.05) is 6.92 Å². The van der Waals surface area contributed by atoms with Gasteiger partial charge in [0.1, 0.15) is 0 Å². The van der Waals surface area contributed by atoms with Crippen molar-refractivity contribution in [3.05, 3.63) is 36.4 Å². The maximum Gasteiger partial charge on any atom is 0.298 e. The SMILES string of the molecule is CC(=O)F.c1ccccc1. The van der Waals surface area contributed by atoms with Crippen molar-refractivity contribution in [2.45, 2.75) is 6.92 Å². The molecule has 0 N–H and O–H groups in total. The average Bonchev–Trinajstić information content (AvgIpc) is 1.90. The first-order chi connectivity index (χ1) is 4.73.